The van der Waals surface area contributed by atoms with Crippen molar-refractivity contribution in [2.24, 2.45) is 0 Å². The Morgan fingerprint density at radius 3 is 2.14 bits per heavy atom. The highest BCUT2D eigenvalue weighted by Gasteiger charge is 2.35. The first-order valence-corrected chi connectivity index (χ1v) is 13.4. The molecule has 1 atom stereocenters. The fourth-order valence-corrected chi connectivity index (χ4v) is 4.84. The molecule has 0 bridgehead atoms. The van der Waals surface area contributed by atoms with Gasteiger partial charge in [0.2, 0.25) is 21.8 Å². The number of hydrogen-bond donors (Lipinski definition) is 1. The van der Waals surface area contributed by atoms with Crippen molar-refractivity contribution in [3.05, 3.63) is 62.6 Å². The lowest BCUT2D eigenvalue weighted by atomic mass is 10.1. The molecule has 0 aromatic heterocycles. The molecule has 0 fully saturated rings. The number of carbonyl (C=O) groups excluding carboxylic acids is 2. The molecule has 7 nitrogen and oxygen atoms in total. The Morgan fingerprint density at radius 2 is 1.64 bits per heavy atom. The third kappa shape index (κ3) is 7.41. The lowest BCUT2D eigenvalue weighted by Crippen LogP contribution is -2.51. The highest BCUT2D eigenvalue weighted by molar-refractivity contribution is 7.92. The Balaban J connectivity index is 2.55. The molecule has 2 aromatic rings. The highest BCUT2D eigenvalue weighted by Crippen LogP contribution is 2.36. The van der Waals surface area contributed by atoms with Gasteiger partial charge in [-0.2, -0.15) is 13.2 Å². The van der Waals surface area contributed by atoms with Crippen LogP contribution in [0.15, 0.2) is 36.4 Å². The standard InChI is InChI=1S/C22H23Cl3F3N3O4S/c1-4-18(21(33)29-2)30(11-13-5-7-15(23)17(25)9-13)20(32)12-31(36(3,34)35)19-10-14(22(26,27)28)6-8-16(19)24/h5-10,18H,4,11-12H2,1-3H3,(H,29,33). The molecule has 0 aliphatic carbocycles. The number of rotatable bonds is 9. The summed E-state index contributed by atoms with van der Waals surface area (Å²) in [5.74, 6) is -1.37. The van der Waals surface area contributed by atoms with Crippen molar-refractivity contribution in [1.82, 2.24) is 10.2 Å². The summed E-state index contributed by atoms with van der Waals surface area (Å²) in [7, 11) is -2.91. The minimum absolute atomic E-state index is 0.157. The van der Waals surface area contributed by atoms with Gasteiger partial charge in [0, 0.05) is 13.6 Å². The first-order chi connectivity index (χ1) is 16.6. The van der Waals surface area contributed by atoms with E-state index in [0.717, 1.165) is 17.2 Å². The van der Waals surface area contributed by atoms with E-state index in [-0.39, 0.29) is 28.0 Å². The van der Waals surface area contributed by atoms with Crippen LogP contribution in [0.3, 0.4) is 0 Å². The molecule has 198 valence electrons. The van der Waals surface area contributed by atoms with Gasteiger partial charge in [0.05, 0.1) is 32.6 Å². The lowest BCUT2D eigenvalue weighted by molar-refractivity contribution is -0.140. The van der Waals surface area contributed by atoms with E-state index in [4.69, 9.17) is 34.8 Å². The van der Waals surface area contributed by atoms with Crippen LogP contribution in [0.25, 0.3) is 0 Å². The van der Waals surface area contributed by atoms with E-state index in [9.17, 15) is 31.2 Å². The van der Waals surface area contributed by atoms with Crippen molar-refractivity contribution in [3.8, 4) is 0 Å². The monoisotopic (exact) mass is 587 g/mol. The summed E-state index contributed by atoms with van der Waals surface area (Å²) in [4.78, 5) is 27.1. The number of amides is 2. The van der Waals surface area contributed by atoms with Crippen LogP contribution in [0.1, 0.15) is 24.5 Å². The van der Waals surface area contributed by atoms with Crippen LogP contribution in [0, 0.1) is 0 Å². The van der Waals surface area contributed by atoms with Gasteiger partial charge in [-0.3, -0.25) is 13.9 Å². The van der Waals surface area contributed by atoms with Crippen LogP contribution >= 0.6 is 34.8 Å². The van der Waals surface area contributed by atoms with Crippen molar-refractivity contribution in [3.63, 3.8) is 0 Å². The third-order valence-electron chi connectivity index (χ3n) is 5.19. The average molecular weight is 589 g/mol. The van der Waals surface area contributed by atoms with Gasteiger partial charge in [-0.15, -0.1) is 0 Å². The first-order valence-electron chi connectivity index (χ1n) is 10.4. The predicted octanol–water partition coefficient (Wildman–Crippen LogP) is 4.99. The van der Waals surface area contributed by atoms with Gasteiger partial charge in [0.25, 0.3) is 0 Å². The molecule has 0 aliphatic heterocycles. The fraction of sp³-hybridized carbons (Fsp3) is 0.364. The molecule has 0 saturated carbocycles. The number of nitrogens with one attached hydrogen (secondary N) is 1. The summed E-state index contributed by atoms with van der Waals surface area (Å²) >= 11 is 18.1. The maximum atomic E-state index is 13.5. The van der Waals surface area contributed by atoms with Crippen molar-refractivity contribution < 1.29 is 31.2 Å². The summed E-state index contributed by atoms with van der Waals surface area (Å²) in [6.07, 6.45) is -3.88. The lowest BCUT2D eigenvalue weighted by Gasteiger charge is -2.33. The molecule has 2 aromatic carbocycles. The van der Waals surface area contributed by atoms with E-state index in [2.05, 4.69) is 5.32 Å². The van der Waals surface area contributed by atoms with Gasteiger partial charge >= 0.3 is 6.18 Å². The maximum Gasteiger partial charge on any atom is 0.416 e. The third-order valence-corrected chi connectivity index (χ3v) is 7.38. The molecule has 1 unspecified atom stereocenters. The predicted molar refractivity (Wildman–Crippen MR) is 134 cm³/mol. The number of hydrogen-bond acceptors (Lipinski definition) is 4. The summed E-state index contributed by atoms with van der Waals surface area (Å²) < 4.78 is 65.5. The van der Waals surface area contributed by atoms with Gasteiger partial charge in [-0.1, -0.05) is 47.8 Å². The Labute approximate surface area is 222 Å². The van der Waals surface area contributed by atoms with Crippen LogP contribution in [0.4, 0.5) is 18.9 Å². The second-order valence-electron chi connectivity index (χ2n) is 7.74. The van der Waals surface area contributed by atoms with Crippen LogP contribution < -0.4 is 9.62 Å². The Bertz CT molecular complexity index is 1240. The highest BCUT2D eigenvalue weighted by atomic mass is 35.5. The number of carbonyl (C=O) groups is 2. The molecule has 2 amide bonds. The largest absolute Gasteiger partial charge is 0.416 e. The molecule has 0 radical (unpaired) electrons. The van der Waals surface area contributed by atoms with E-state index >= 15 is 0 Å². The van der Waals surface area contributed by atoms with Crippen molar-refractivity contribution in [2.45, 2.75) is 32.1 Å². The van der Waals surface area contributed by atoms with Crippen LogP contribution in [0.5, 0.6) is 0 Å². The first kappa shape index (κ1) is 30.0. The Morgan fingerprint density at radius 1 is 1.03 bits per heavy atom. The van der Waals surface area contributed by atoms with Gasteiger partial charge in [-0.05, 0) is 42.3 Å². The van der Waals surface area contributed by atoms with Crippen LogP contribution in [0.2, 0.25) is 15.1 Å². The Kier molecular flexibility index (Phi) is 9.91. The van der Waals surface area contributed by atoms with Gasteiger partial charge in [0.15, 0.2) is 0 Å². The number of benzene rings is 2. The maximum absolute atomic E-state index is 13.5. The Hall–Kier alpha value is -2.21. The molecule has 0 heterocycles. The summed E-state index contributed by atoms with van der Waals surface area (Å²) in [6.45, 7) is 0.581. The van der Waals surface area contributed by atoms with Gasteiger partial charge in [0.1, 0.15) is 12.6 Å². The molecular formula is C22H23Cl3F3N3O4S. The van der Waals surface area contributed by atoms with Crippen molar-refractivity contribution in [2.75, 3.05) is 24.2 Å². The molecule has 14 heteroatoms. The summed E-state index contributed by atoms with van der Waals surface area (Å²) in [5.41, 5.74) is -1.18. The SMILES string of the molecule is CCC(C(=O)NC)N(Cc1ccc(Cl)c(Cl)c1)C(=O)CN(c1cc(C(F)(F)F)ccc1Cl)S(C)(=O)=O. The normalized spacial score (nSPS) is 12.7. The van der Waals surface area contributed by atoms with E-state index in [1.165, 1.54) is 19.2 Å². The van der Waals surface area contributed by atoms with E-state index in [1.807, 2.05) is 0 Å². The van der Waals surface area contributed by atoms with Crippen LogP contribution in [-0.2, 0) is 32.3 Å². The molecule has 0 spiro atoms. The molecule has 1 N–H and O–H groups in total. The smallest absolute Gasteiger partial charge is 0.357 e. The number of anilines is 1. The number of nitrogens with zero attached hydrogens (tertiary/aromatic N) is 2. The second-order valence-corrected chi connectivity index (χ2v) is 10.9. The molecule has 2 rings (SSSR count). The van der Waals surface area contributed by atoms with Gasteiger partial charge < -0.3 is 10.2 Å². The zero-order valence-electron chi connectivity index (χ0n) is 19.4. The molecule has 36 heavy (non-hydrogen) atoms. The second kappa shape index (κ2) is 11.9. The zero-order chi connectivity index (χ0) is 27.4. The van der Waals surface area contributed by atoms with Crippen molar-refractivity contribution >= 4 is 62.3 Å². The number of halogens is 6. The van der Waals surface area contributed by atoms with E-state index in [0.29, 0.717) is 22.0 Å². The summed E-state index contributed by atoms with van der Waals surface area (Å²) in [5, 5.41) is 2.60. The summed E-state index contributed by atoms with van der Waals surface area (Å²) in [6, 6.07) is 5.68. The van der Waals surface area contributed by atoms with E-state index in [1.54, 1.807) is 13.0 Å². The van der Waals surface area contributed by atoms with Crippen molar-refractivity contribution in [1.29, 1.82) is 0 Å². The molecular weight excluding hydrogens is 566 g/mol. The average Bonchev–Trinajstić information content (AvgIpc) is 2.78. The minimum Gasteiger partial charge on any atom is -0.357 e. The quantitative estimate of drug-likeness (QED) is 0.448. The zero-order valence-corrected chi connectivity index (χ0v) is 22.5. The van der Waals surface area contributed by atoms with Gasteiger partial charge in [-0.25, -0.2) is 8.42 Å². The number of sulfonamides is 1. The molecule has 0 saturated heterocycles. The van der Waals surface area contributed by atoms with Crippen LogP contribution in [-0.4, -0.2) is 51.0 Å². The fourth-order valence-electron chi connectivity index (χ4n) is 3.40. The number of alkyl halides is 3. The number of likely N-dealkylation sites (N-methyl/N-ethyl adjacent to an activating group) is 1. The minimum atomic E-state index is -4.78. The molecule has 0 aliphatic rings. The van der Waals surface area contributed by atoms with E-state index < -0.39 is 51.9 Å². The topological polar surface area (TPSA) is 86.8 Å².